The van der Waals surface area contributed by atoms with Crippen molar-refractivity contribution in [3.8, 4) is 0 Å². The molecule has 0 amide bonds. The van der Waals surface area contributed by atoms with Gasteiger partial charge in [0.15, 0.2) is 0 Å². The van der Waals surface area contributed by atoms with Crippen molar-refractivity contribution < 1.29 is 4.84 Å². The first-order valence-corrected chi connectivity index (χ1v) is 8.08. The zero-order chi connectivity index (χ0) is 14.9. The zero-order valence-corrected chi connectivity index (χ0v) is 12.6. The molecule has 1 unspecified atom stereocenters. The molecule has 1 aliphatic rings. The Kier molecular flexibility index (Phi) is 3.56. The third kappa shape index (κ3) is 2.19. The number of imidazole rings is 1. The maximum absolute atomic E-state index is 5.63. The van der Waals surface area contributed by atoms with Gasteiger partial charge in [0.1, 0.15) is 6.10 Å². The van der Waals surface area contributed by atoms with E-state index in [1.165, 1.54) is 42.9 Å². The summed E-state index contributed by atoms with van der Waals surface area (Å²) >= 11 is 0. The second-order valence-corrected chi connectivity index (χ2v) is 6.25. The Bertz CT molecular complexity index is 833. The maximum atomic E-state index is 5.63. The molecular formula is C18H21N3O. The van der Waals surface area contributed by atoms with Crippen LogP contribution in [-0.4, -0.2) is 15.5 Å². The van der Waals surface area contributed by atoms with Crippen LogP contribution in [-0.2, 0) is 4.84 Å². The van der Waals surface area contributed by atoms with Crippen LogP contribution in [0.1, 0.15) is 32.1 Å². The Morgan fingerprint density at radius 1 is 1.18 bits per heavy atom. The summed E-state index contributed by atoms with van der Waals surface area (Å²) < 4.78 is 2.14. The Hall–Kier alpha value is -1.91. The van der Waals surface area contributed by atoms with Crippen LogP contribution >= 0.6 is 0 Å². The van der Waals surface area contributed by atoms with E-state index in [-0.39, 0.29) is 6.10 Å². The molecule has 1 fully saturated rings. The Morgan fingerprint density at radius 2 is 1.95 bits per heavy atom. The molecule has 0 spiro atoms. The summed E-state index contributed by atoms with van der Waals surface area (Å²) in [5, 5.41) is 3.60. The SMILES string of the molecule is NOC(C=c1c2ccccc2c2cncn12)C1CCCCC1. The number of fused-ring (bicyclic) bond motifs is 3. The monoisotopic (exact) mass is 295 g/mol. The van der Waals surface area contributed by atoms with Crippen LogP contribution in [0.4, 0.5) is 0 Å². The van der Waals surface area contributed by atoms with E-state index in [0.717, 1.165) is 10.9 Å². The molecule has 4 rings (SSSR count). The summed E-state index contributed by atoms with van der Waals surface area (Å²) in [7, 11) is 0. The first-order chi connectivity index (χ1) is 10.9. The lowest BCUT2D eigenvalue weighted by Crippen LogP contribution is -2.29. The van der Waals surface area contributed by atoms with Gasteiger partial charge in [-0.3, -0.25) is 9.24 Å². The zero-order valence-electron chi connectivity index (χ0n) is 12.6. The second-order valence-electron chi connectivity index (χ2n) is 6.25. The Labute approximate surface area is 129 Å². The van der Waals surface area contributed by atoms with Gasteiger partial charge >= 0.3 is 0 Å². The fourth-order valence-electron chi connectivity index (χ4n) is 3.82. The molecule has 4 nitrogen and oxygen atoms in total. The number of benzene rings is 1. The molecule has 0 saturated heterocycles. The highest BCUT2D eigenvalue weighted by Crippen LogP contribution is 2.28. The number of nitrogens with zero attached hydrogens (tertiary/aromatic N) is 2. The summed E-state index contributed by atoms with van der Waals surface area (Å²) in [5.74, 6) is 6.15. The van der Waals surface area contributed by atoms with Gasteiger partial charge in [-0.2, -0.15) is 0 Å². The van der Waals surface area contributed by atoms with Crippen molar-refractivity contribution in [3.63, 3.8) is 0 Å². The van der Waals surface area contributed by atoms with Gasteiger partial charge in [0.2, 0.25) is 0 Å². The van der Waals surface area contributed by atoms with Crippen LogP contribution < -0.4 is 11.2 Å². The summed E-state index contributed by atoms with van der Waals surface area (Å²) in [4.78, 5) is 9.64. The van der Waals surface area contributed by atoms with Crippen molar-refractivity contribution in [1.82, 2.24) is 9.38 Å². The molecule has 114 valence electrons. The first kappa shape index (κ1) is 13.7. The van der Waals surface area contributed by atoms with E-state index in [9.17, 15) is 0 Å². The molecule has 1 saturated carbocycles. The summed E-state index contributed by atoms with van der Waals surface area (Å²) in [6.45, 7) is 0. The minimum Gasteiger partial charge on any atom is -0.298 e. The topological polar surface area (TPSA) is 52.5 Å². The predicted octanol–water partition coefficient (Wildman–Crippen LogP) is 2.83. The second kappa shape index (κ2) is 5.71. The molecule has 0 bridgehead atoms. The average molecular weight is 295 g/mol. The highest BCUT2D eigenvalue weighted by atomic mass is 16.6. The van der Waals surface area contributed by atoms with Crippen molar-refractivity contribution in [2.75, 3.05) is 0 Å². The van der Waals surface area contributed by atoms with Crippen LogP contribution in [0.5, 0.6) is 0 Å². The normalized spacial score (nSPS) is 19.2. The fourth-order valence-corrected chi connectivity index (χ4v) is 3.82. The predicted molar refractivity (Wildman–Crippen MR) is 88.0 cm³/mol. The summed E-state index contributed by atoms with van der Waals surface area (Å²) in [6, 6.07) is 8.44. The van der Waals surface area contributed by atoms with E-state index in [2.05, 4.69) is 39.7 Å². The van der Waals surface area contributed by atoms with E-state index in [1.807, 2.05) is 12.5 Å². The molecule has 1 atom stereocenters. The molecule has 0 radical (unpaired) electrons. The molecule has 0 aliphatic heterocycles. The lowest BCUT2D eigenvalue weighted by molar-refractivity contribution is 0.0416. The van der Waals surface area contributed by atoms with Crippen molar-refractivity contribution >= 4 is 22.4 Å². The third-order valence-corrected chi connectivity index (χ3v) is 4.97. The van der Waals surface area contributed by atoms with Gasteiger partial charge in [0.25, 0.3) is 0 Å². The molecule has 1 aliphatic carbocycles. The summed E-state index contributed by atoms with van der Waals surface area (Å²) in [5.41, 5.74) is 1.14. The van der Waals surface area contributed by atoms with Crippen LogP contribution in [0.25, 0.3) is 22.4 Å². The molecule has 2 aromatic heterocycles. The maximum Gasteiger partial charge on any atom is 0.102 e. The lowest BCUT2D eigenvalue weighted by atomic mass is 9.85. The number of nitrogens with two attached hydrogens (primary N) is 1. The Balaban J connectivity index is 1.88. The highest BCUT2D eigenvalue weighted by molar-refractivity contribution is 5.97. The van der Waals surface area contributed by atoms with Gasteiger partial charge in [-0.05, 0) is 24.8 Å². The van der Waals surface area contributed by atoms with E-state index >= 15 is 0 Å². The lowest BCUT2D eigenvalue weighted by Gasteiger charge is -2.26. The molecular weight excluding hydrogens is 274 g/mol. The molecule has 22 heavy (non-hydrogen) atoms. The number of hydrogen-bond donors (Lipinski definition) is 1. The number of hydrogen-bond acceptors (Lipinski definition) is 3. The standard InChI is InChI=1S/C18H21N3O/c19-22-18(13-6-2-1-3-7-13)10-16-14-8-4-5-9-15(14)17-11-20-12-21(16)17/h4-5,8-13,18H,1-3,6-7,19H2. The minimum absolute atomic E-state index is 0.0308. The Morgan fingerprint density at radius 3 is 2.73 bits per heavy atom. The van der Waals surface area contributed by atoms with Crippen molar-refractivity contribution in [1.29, 1.82) is 0 Å². The third-order valence-electron chi connectivity index (χ3n) is 4.97. The fraction of sp³-hybridized carbons (Fsp3) is 0.389. The van der Waals surface area contributed by atoms with E-state index in [1.54, 1.807) is 0 Å². The van der Waals surface area contributed by atoms with Gasteiger partial charge in [0, 0.05) is 10.8 Å². The molecule has 2 heterocycles. The highest BCUT2D eigenvalue weighted by Gasteiger charge is 2.23. The van der Waals surface area contributed by atoms with Crippen molar-refractivity contribution in [2.45, 2.75) is 38.2 Å². The first-order valence-electron chi connectivity index (χ1n) is 8.08. The smallest absolute Gasteiger partial charge is 0.102 e. The largest absolute Gasteiger partial charge is 0.298 e. The van der Waals surface area contributed by atoms with Crippen molar-refractivity contribution in [2.24, 2.45) is 11.8 Å². The van der Waals surface area contributed by atoms with Crippen LogP contribution in [0.3, 0.4) is 0 Å². The van der Waals surface area contributed by atoms with Gasteiger partial charge < -0.3 is 0 Å². The van der Waals surface area contributed by atoms with Gasteiger partial charge in [-0.25, -0.2) is 10.9 Å². The van der Waals surface area contributed by atoms with Crippen LogP contribution in [0.2, 0.25) is 0 Å². The number of rotatable bonds is 3. The minimum atomic E-state index is -0.0308. The van der Waals surface area contributed by atoms with Gasteiger partial charge in [-0.1, -0.05) is 43.5 Å². The quantitative estimate of drug-likeness (QED) is 0.756. The molecule has 4 heteroatoms. The van der Waals surface area contributed by atoms with Gasteiger partial charge in [-0.15, -0.1) is 0 Å². The van der Waals surface area contributed by atoms with E-state index in [4.69, 9.17) is 10.7 Å². The average Bonchev–Trinajstić information content (AvgIpc) is 3.15. The summed E-state index contributed by atoms with van der Waals surface area (Å²) in [6.07, 6.45) is 12.2. The van der Waals surface area contributed by atoms with Crippen LogP contribution in [0.15, 0.2) is 36.8 Å². The van der Waals surface area contributed by atoms with Crippen molar-refractivity contribution in [3.05, 3.63) is 42.1 Å². The van der Waals surface area contributed by atoms with E-state index in [0.29, 0.717) is 5.92 Å². The van der Waals surface area contributed by atoms with Gasteiger partial charge in [0.05, 0.1) is 23.4 Å². The molecule has 1 aromatic carbocycles. The molecule has 3 aromatic rings. The van der Waals surface area contributed by atoms with Crippen LogP contribution in [0, 0.1) is 5.92 Å². The van der Waals surface area contributed by atoms with E-state index < -0.39 is 0 Å². The number of aromatic nitrogens is 2. The molecule has 2 N–H and O–H groups in total.